The van der Waals surface area contributed by atoms with E-state index in [2.05, 4.69) is 15.9 Å². The Morgan fingerprint density at radius 1 is 0.355 bits per heavy atom. The third kappa shape index (κ3) is 10.5. The maximum Gasteiger partial charge on any atom is 0.0729 e. The molecule has 3 unspecified atom stereocenters. The third-order valence-electron chi connectivity index (χ3n) is 8.03. The first-order chi connectivity index (χ1) is 15.3. The van der Waals surface area contributed by atoms with Crippen LogP contribution in [0.4, 0.5) is 0 Å². The maximum absolute atomic E-state index is 6.95. The zero-order chi connectivity index (χ0) is 21.6. The lowest BCUT2D eigenvalue weighted by atomic mass is 9.97. The van der Waals surface area contributed by atoms with Gasteiger partial charge in [-0.3, -0.25) is 0 Å². The SMILES string of the molecule is BrC1C(OC2CCCCCCCC2)CCCCCCCCC1OC1CCCCCCC1. The third-order valence-corrected chi connectivity index (χ3v) is 9.21. The van der Waals surface area contributed by atoms with Crippen molar-refractivity contribution >= 4 is 15.9 Å². The maximum atomic E-state index is 6.95. The van der Waals surface area contributed by atoms with Crippen LogP contribution in [0.2, 0.25) is 0 Å². The molecule has 2 nitrogen and oxygen atoms in total. The molecule has 3 aliphatic carbocycles. The van der Waals surface area contributed by atoms with Gasteiger partial charge in [-0.1, -0.05) is 125 Å². The Balaban J connectivity index is 1.63. The summed E-state index contributed by atoms with van der Waals surface area (Å²) in [6, 6.07) is 0. The van der Waals surface area contributed by atoms with Gasteiger partial charge in [0.15, 0.2) is 0 Å². The van der Waals surface area contributed by atoms with Gasteiger partial charge in [0, 0.05) is 0 Å². The highest BCUT2D eigenvalue weighted by atomic mass is 79.9. The van der Waals surface area contributed by atoms with Gasteiger partial charge in [0.05, 0.1) is 29.2 Å². The summed E-state index contributed by atoms with van der Waals surface area (Å²) in [5.41, 5.74) is 0. The summed E-state index contributed by atoms with van der Waals surface area (Å²) in [5, 5.41) is 0. The Bertz CT molecular complexity index is 425. The summed E-state index contributed by atoms with van der Waals surface area (Å²) in [6.45, 7) is 0. The average Bonchev–Trinajstić information content (AvgIpc) is 2.86. The number of hydrogen-bond donors (Lipinski definition) is 0. The predicted octanol–water partition coefficient (Wildman–Crippen LogP) is 9.27. The first-order valence-corrected chi connectivity index (χ1v) is 15.2. The van der Waals surface area contributed by atoms with E-state index in [9.17, 15) is 0 Å². The van der Waals surface area contributed by atoms with Crippen LogP contribution in [0.15, 0.2) is 0 Å². The molecule has 0 amide bonds. The monoisotopic (exact) mass is 498 g/mol. The molecule has 3 saturated carbocycles. The average molecular weight is 500 g/mol. The van der Waals surface area contributed by atoms with E-state index in [4.69, 9.17) is 9.47 Å². The standard InChI is InChI=1S/C28H51BrO2/c29-28-26(30-24-18-12-6-1-2-7-13-19-24)22-16-10-3-4-11-17-23-27(28)31-25-20-14-8-5-9-15-21-25/h24-28H,1-23H2. The lowest BCUT2D eigenvalue weighted by Crippen LogP contribution is -2.40. The molecule has 3 rings (SSSR count). The highest BCUT2D eigenvalue weighted by molar-refractivity contribution is 9.09. The fourth-order valence-corrected chi connectivity index (χ4v) is 6.80. The molecule has 3 atom stereocenters. The number of alkyl halides is 1. The molecule has 0 aromatic rings. The second-order valence-electron chi connectivity index (χ2n) is 10.8. The van der Waals surface area contributed by atoms with Gasteiger partial charge in [-0.2, -0.15) is 0 Å². The van der Waals surface area contributed by atoms with E-state index >= 15 is 0 Å². The van der Waals surface area contributed by atoms with Crippen molar-refractivity contribution < 1.29 is 9.47 Å². The predicted molar refractivity (Wildman–Crippen MR) is 136 cm³/mol. The van der Waals surface area contributed by atoms with Crippen molar-refractivity contribution in [2.45, 2.75) is 177 Å². The van der Waals surface area contributed by atoms with E-state index in [1.807, 2.05) is 0 Å². The topological polar surface area (TPSA) is 18.5 Å². The van der Waals surface area contributed by atoms with Crippen LogP contribution in [-0.2, 0) is 9.47 Å². The van der Waals surface area contributed by atoms with Crippen LogP contribution in [0, 0.1) is 0 Å². The highest BCUT2D eigenvalue weighted by Gasteiger charge is 2.32. The van der Waals surface area contributed by atoms with E-state index in [0.717, 1.165) is 0 Å². The Morgan fingerprint density at radius 2 is 0.613 bits per heavy atom. The van der Waals surface area contributed by atoms with Crippen LogP contribution in [0.25, 0.3) is 0 Å². The Morgan fingerprint density at radius 3 is 0.935 bits per heavy atom. The molecule has 0 saturated heterocycles. The van der Waals surface area contributed by atoms with Crippen molar-refractivity contribution in [2.24, 2.45) is 0 Å². The van der Waals surface area contributed by atoms with Gasteiger partial charge in [-0.25, -0.2) is 0 Å². The summed E-state index contributed by atoms with van der Waals surface area (Å²) in [7, 11) is 0. The summed E-state index contributed by atoms with van der Waals surface area (Å²) in [4.78, 5) is 0.351. The van der Waals surface area contributed by atoms with Crippen LogP contribution in [0.3, 0.4) is 0 Å². The molecule has 0 N–H and O–H groups in total. The van der Waals surface area contributed by atoms with E-state index in [1.165, 1.54) is 148 Å². The zero-order valence-corrected chi connectivity index (χ0v) is 21.9. The van der Waals surface area contributed by atoms with Crippen LogP contribution in [-0.4, -0.2) is 29.2 Å². The smallest absolute Gasteiger partial charge is 0.0729 e. The van der Waals surface area contributed by atoms with Gasteiger partial charge in [0.1, 0.15) is 0 Å². The van der Waals surface area contributed by atoms with Gasteiger partial charge < -0.3 is 9.47 Å². The van der Waals surface area contributed by atoms with Crippen molar-refractivity contribution in [1.29, 1.82) is 0 Å². The summed E-state index contributed by atoms with van der Waals surface area (Å²) < 4.78 is 13.9. The minimum Gasteiger partial charge on any atom is -0.374 e. The summed E-state index contributed by atoms with van der Waals surface area (Å²) >= 11 is 4.18. The van der Waals surface area contributed by atoms with Crippen molar-refractivity contribution in [3.8, 4) is 0 Å². The van der Waals surface area contributed by atoms with Crippen LogP contribution >= 0.6 is 15.9 Å². The molecular formula is C28H51BrO2. The lowest BCUT2D eigenvalue weighted by molar-refractivity contribution is -0.0779. The second-order valence-corrected chi connectivity index (χ2v) is 11.8. The van der Waals surface area contributed by atoms with Crippen molar-refractivity contribution in [3.05, 3.63) is 0 Å². The Kier molecular flexibility index (Phi) is 13.5. The van der Waals surface area contributed by atoms with Gasteiger partial charge in [-0.05, 0) is 38.5 Å². The number of rotatable bonds is 4. The van der Waals surface area contributed by atoms with E-state index in [1.54, 1.807) is 0 Å². The number of halogens is 1. The quantitative estimate of drug-likeness (QED) is 0.359. The second kappa shape index (κ2) is 16.1. The van der Waals surface area contributed by atoms with Gasteiger partial charge in [0.25, 0.3) is 0 Å². The molecule has 0 heterocycles. The lowest BCUT2D eigenvalue weighted by Gasteiger charge is -2.35. The van der Waals surface area contributed by atoms with E-state index in [0.29, 0.717) is 29.2 Å². The van der Waals surface area contributed by atoms with Gasteiger partial charge >= 0.3 is 0 Å². The Labute approximate surface area is 202 Å². The molecular weight excluding hydrogens is 448 g/mol. The minimum atomic E-state index is 0.322. The van der Waals surface area contributed by atoms with Crippen LogP contribution < -0.4 is 0 Å². The molecule has 0 aliphatic heterocycles. The minimum absolute atomic E-state index is 0.322. The van der Waals surface area contributed by atoms with Crippen LogP contribution in [0.1, 0.15) is 148 Å². The molecule has 0 spiro atoms. The van der Waals surface area contributed by atoms with Crippen molar-refractivity contribution in [1.82, 2.24) is 0 Å². The van der Waals surface area contributed by atoms with Crippen molar-refractivity contribution in [3.63, 3.8) is 0 Å². The Hall–Kier alpha value is 0.400. The molecule has 31 heavy (non-hydrogen) atoms. The molecule has 0 radical (unpaired) electrons. The van der Waals surface area contributed by atoms with E-state index in [-0.39, 0.29) is 0 Å². The molecule has 0 aromatic carbocycles. The zero-order valence-electron chi connectivity index (χ0n) is 20.3. The molecule has 0 bridgehead atoms. The first kappa shape index (κ1) is 26.0. The first-order valence-electron chi connectivity index (χ1n) is 14.3. The molecule has 3 aliphatic rings. The van der Waals surface area contributed by atoms with Crippen molar-refractivity contribution in [2.75, 3.05) is 0 Å². The summed E-state index contributed by atoms with van der Waals surface area (Å²) in [5.74, 6) is 0. The number of ether oxygens (including phenoxy) is 2. The van der Waals surface area contributed by atoms with Crippen LogP contribution in [0.5, 0.6) is 0 Å². The fraction of sp³-hybridized carbons (Fsp3) is 1.00. The fourth-order valence-electron chi connectivity index (χ4n) is 6.02. The summed E-state index contributed by atoms with van der Waals surface area (Å²) in [6.07, 6.45) is 32.5. The molecule has 3 fully saturated rings. The normalized spacial score (nSPS) is 32.6. The van der Waals surface area contributed by atoms with Gasteiger partial charge in [0.2, 0.25) is 0 Å². The number of hydrogen-bond acceptors (Lipinski definition) is 2. The molecule has 3 heteroatoms. The largest absolute Gasteiger partial charge is 0.374 e. The molecule has 0 aromatic heterocycles. The van der Waals surface area contributed by atoms with E-state index < -0.39 is 0 Å². The highest BCUT2D eigenvalue weighted by Crippen LogP contribution is 2.32. The molecule has 182 valence electrons. The van der Waals surface area contributed by atoms with Gasteiger partial charge in [-0.15, -0.1) is 0 Å².